The van der Waals surface area contributed by atoms with E-state index in [-0.39, 0.29) is 0 Å². The highest BCUT2D eigenvalue weighted by Gasteiger charge is 1.99. The molecule has 0 fully saturated rings. The molecule has 4 heteroatoms. The van der Waals surface area contributed by atoms with Crippen molar-refractivity contribution in [2.45, 2.75) is 13.0 Å². The van der Waals surface area contributed by atoms with E-state index in [1.54, 1.807) is 6.07 Å². The molecule has 0 radical (unpaired) electrons. The van der Waals surface area contributed by atoms with E-state index in [4.69, 9.17) is 15.7 Å². The summed E-state index contributed by atoms with van der Waals surface area (Å²) < 4.78 is 7.50. The number of rotatable bonds is 5. The molecule has 0 unspecified atom stereocenters. The summed E-state index contributed by atoms with van der Waals surface area (Å²) in [6, 6.07) is 13.2. The van der Waals surface area contributed by atoms with E-state index in [9.17, 15) is 0 Å². The molecule has 1 aromatic heterocycles. The highest BCUT2D eigenvalue weighted by molar-refractivity contribution is 5.41. The van der Waals surface area contributed by atoms with Gasteiger partial charge in [0.15, 0.2) is 0 Å². The lowest BCUT2D eigenvalue weighted by atomic mass is 10.3. The van der Waals surface area contributed by atoms with Crippen LogP contribution in [0.3, 0.4) is 0 Å². The summed E-state index contributed by atoms with van der Waals surface area (Å²) in [5.74, 6) is 0.817. The lowest BCUT2D eigenvalue weighted by Crippen LogP contribution is -2.05. The summed E-state index contributed by atoms with van der Waals surface area (Å²) in [5.41, 5.74) is 7.00. The maximum Gasteiger partial charge on any atom is 0.120 e. The van der Waals surface area contributed by atoms with Crippen molar-refractivity contribution in [1.82, 2.24) is 4.57 Å². The van der Waals surface area contributed by atoms with E-state index >= 15 is 0 Å². The Morgan fingerprint density at radius 3 is 2.72 bits per heavy atom. The minimum absolute atomic E-state index is 0.618. The molecule has 0 aliphatic rings. The number of nitriles is 1. The Kier molecular flexibility index (Phi) is 3.87. The van der Waals surface area contributed by atoms with Crippen LogP contribution in [0.4, 0.5) is 5.69 Å². The van der Waals surface area contributed by atoms with Crippen LogP contribution < -0.4 is 10.5 Å². The molecule has 0 atom stereocenters. The SMILES string of the molecule is N#Cc1cccn1CCCOc1ccc(N)cc1. The minimum Gasteiger partial charge on any atom is -0.494 e. The van der Waals surface area contributed by atoms with Crippen LogP contribution in [-0.2, 0) is 6.54 Å². The van der Waals surface area contributed by atoms with E-state index in [0.29, 0.717) is 12.3 Å². The second kappa shape index (κ2) is 5.78. The van der Waals surface area contributed by atoms with Gasteiger partial charge in [0.1, 0.15) is 17.5 Å². The van der Waals surface area contributed by atoms with Crippen molar-refractivity contribution in [2.75, 3.05) is 12.3 Å². The van der Waals surface area contributed by atoms with E-state index in [1.807, 2.05) is 41.1 Å². The lowest BCUT2D eigenvalue weighted by molar-refractivity contribution is 0.301. The minimum atomic E-state index is 0.618. The van der Waals surface area contributed by atoms with Crippen molar-refractivity contribution in [3.8, 4) is 11.8 Å². The summed E-state index contributed by atoms with van der Waals surface area (Å²) in [6.45, 7) is 1.40. The van der Waals surface area contributed by atoms with Crippen LogP contribution in [0.15, 0.2) is 42.6 Å². The van der Waals surface area contributed by atoms with Crippen LogP contribution in [0.2, 0.25) is 0 Å². The number of aromatic nitrogens is 1. The van der Waals surface area contributed by atoms with Crippen molar-refractivity contribution in [2.24, 2.45) is 0 Å². The van der Waals surface area contributed by atoms with Crippen LogP contribution >= 0.6 is 0 Å². The largest absolute Gasteiger partial charge is 0.494 e. The van der Waals surface area contributed by atoms with Crippen molar-refractivity contribution in [1.29, 1.82) is 5.26 Å². The fraction of sp³-hybridized carbons (Fsp3) is 0.214. The van der Waals surface area contributed by atoms with E-state index in [2.05, 4.69) is 6.07 Å². The normalized spacial score (nSPS) is 9.94. The smallest absolute Gasteiger partial charge is 0.120 e. The molecule has 0 saturated carbocycles. The second-order valence-electron chi connectivity index (χ2n) is 3.97. The highest BCUT2D eigenvalue weighted by Crippen LogP contribution is 2.13. The summed E-state index contributed by atoms with van der Waals surface area (Å²) in [5, 5.41) is 8.85. The zero-order valence-corrected chi connectivity index (χ0v) is 10.0. The zero-order valence-electron chi connectivity index (χ0n) is 10.0. The van der Waals surface area contributed by atoms with Crippen LogP contribution in [0.1, 0.15) is 12.1 Å². The monoisotopic (exact) mass is 241 g/mol. The molecule has 0 aliphatic carbocycles. The van der Waals surface area contributed by atoms with Gasteiger partial charge < -0.3 is 15.0 Å². The van der Waals surface area contributed by atoms with Crippen LogP contribution in [0.5, 0.6) is 5.75 Å². The van der Waals surface area contributed by atoms with Gasteiger partial charge >= 0.3 is 0 Å². The number of nitrogens with two attached hydrogens (primary N) is 1. The Morgan fingerprint density at radius 2 is 2.00 bits per heavy atom. The van der Waals surface area contributed by atoms with Crippen LogP contribution in [0, 0.1) is 11.3 Å². The Bertz CT molecular complexity index is 537. The van der Waals surface area contributed by atoms with Gasteiger partial charge in [0.2, 0.25) is 0 Å². The summed E-state index contributed by atoms with van der Waals surface area (Å²) >= 11 is 0. The summed E-state index contributed by atoms with van der Waals surface area (Å²) in [6.07, 6.45) is 2.76. The van der Waals surface area contributed by atoms with Gasteiger partial charge in [-0.1, -0.05) is 0 Å². The first kappa shape index (κ1) is 12.1. The predicted molar refractivity (Wildman–Crippen MR) is 70.1 cm³/mol. The van der Waals surface area contributed by atoms with Gasteiger partial charge in [0, 0.05) is 18.4 Å². The zero-order chi connectivity index (χ0) is 12.8. The molecule has 0 spiro atoms. The molecular formula is C14H15N3O. The number of ether oxygens (including phenoxy) is 1. The highest BCUT2D eigenvalue weighted by atomic mass is 16.5. The molecule has 4 nitrogen and oxygen atoms in total. The van der Waals surface area contributed by atoms with Crippen molar-refractivity contribution in [3.63, 3.8) is 0 Å². The molecule has 0 saturated heterocycles. The Morgan fingerprint density at radius 1 is 1.22 bits per heavy atom. The van der Waals surface area contributed by atoms with Gasteiger partial charge in [-0.05, 0) is 42.8 Å². The van der Waals surface area contributed by atoms with Crippen molar-refractivity contribution in [3.05, 3.63) is 48.3 Å². The number of aryl methyl sites for hydroxylation is 1. The first-order valence-electron chi connectivity index (χ1n) is 5.83. The maximum absolute atomic E-state index is 8.85. The predicted octanol–water partition coefficient (Wildman–Crippen LogP) is 2.41. The van der Waals surface area contributed by atoms with Crippen molar-refractivity contribution < 1.29 is 4.74 Å². The third-order valence-corrected chi connectivity index (χ3v) is 2.64. The lowest BCUT2D eigenvalue weighted by Gasteiger charge is -2.07. The average molecular weight is 241 g/mol. The Labute approximate surface area is 106 Å². The molecular weight excluding hydrogens is 226 g/mol. The molecule has 2 aromatic rings. The number of hydrogen-bond acceptors (Lipinski definition) is 3. The standard InChI is InChI=1S/C14H15N3O/c15-11-13-3-1-8-17(13)9-2-10-18-14-6-4-12(16)5-7-14/h1,3-8H,2,9-10,16H2. The van der Waals surface area contributed by atoms with Crippen molar-refractivity contribution >= 4 is 5.69 Å². The van der Waals surface area contributed by atoms with E-state index < -0.39 is 0 Å². The summed E-state index contributed by atoms with van der Waals surface area (Å²) in [4.78, 5) is 0. The Balaban J connectivity index is 1.77. The fourth-order valence-electron chi connectivity index (χ4n) is 1.70. The van der Waals surface area contributed by atoms with Crippen LogP contribution in [0.25, 0.3) is 0 Å². The van der Waals surface area contributed by atoms with Gasteiger partial charge in [-0.25, -0.2) is 0 Å². The third kappa shape index (κ3) is 3.05. The first-order valence-corrected chi connectivity index (χ1v) is 5.83. The molecule has 0 bridgehead atoms. The number of nitrogen functional groups attached to an aromatic ring is 1. The van der Waals surface area contributed by atoms with Gasteiger partial charge in [-0.2, -0.15) is 5.26 Å². The molecule has 2 N–H and O–H groups in total. The number of anilines is 1. The third-order valence-electron chi connectivity index (χ3n) is 2.64. The second-order valence-corrected chi connectivity index (χ2v) is 3.97. The number of nitrogens with zero attached hydrogens (tertiary/aromatic N) is 2. The molecule has 18 heavy (non-hydrogen) atoms. The molecule has 2 rings (SSSR count). The molecule has 0 amide bonds. The molecule has 1 heterocycles. The quantitative estimate of drug-likeness (QED) is 0.645. The van der Waals surface area contributed by atoms with E-state index in [0.717, 1.165) is 24.4 Å². The molecule has 1 aromatic carbocycles. The maximum atomic E-state index is 8.85. The van der Waals surface area contributed by atoms with Crippen LogP contribution in [-0.4, -0.2) is 11.2 Å². The first-order chi connectivity index (χ1) is 8.79. The molecule has 0 aliphatic heterocycles. The van der Waals surface area contributed by atoms with Gasteiger partial charge in [-0.3, -0.25) is 0 Å². The molecule has 92 valence electrons. The topological polar surface area (TPSA) is 64.0 Å². The average Bonchev–Trinajstić information content (AvgIpc) is 2.84. The van der Waals surface area contributed by atoms with Gasteiger partial charge in [-0.15, -0.1) is 0 Å². The van der Waals surface area contributed by atoms with Gasteiger partial charge in [0.25, 0.3) is 0 Å². The summed E-state index contributed by atoms with van der Waals surface area (Å²) in [7, 11) is 0. The van der Waals surface area contributed by atoms with Gasteiger partial charge in [0.05, 0.1) is 6.61 Å². The Hall–Kier alpha value is -2.41. The number of hydrogen-bond donors (Lipinski definition) is 1. The van der Waals surface area contributed by atoms with E-state index in [1.165, 1.54) is 0 Å². The number of benzene rings is 1. The fourth-order valence-corrected chi connectivity index (χ4v) is 1.70.